The highest BCUT2D eigenvalue weighted by atomic mass is 79.9. The summed E-state index contributed by atoms with van der Waals surface area (Å²) in [5, 5.41) is 29.2. The van der Waals surface area contributed by atoms with Crippen LogP contribution in [0.5, 0.6) is 11.5 Å². The molecule has 7 rings (SSSR count). The van der Waals surface area contributed by atoms with Gasteiger partial charge in [-0.2, -0.15) is 0 Å². The molecule has 2 aliphatic carbocycles. The van der Waals surface area contributed by atoms with Crippen LogP contribution in [0.1, 0.15) is 45.0 Å². The fourth-order valence-corrected chi connectivity index (χ4v) is 8.37. The average molecular weight is 716 g/mol. The number of carboxylic acid groups (broad SMARTS) is 2. The molecule has 3 aromatic carbocycles. The molecule has 0 radical (unpaired) electrons. The molecule has 12 nitrogen and oxygen atoms in total. The van der Waals surface area contributed by atoms with Crippen LogP contribution in [0, 0.1) is 29.6 Å². The minimum absolute atomic E-state index is 0.00225. The van der Waals surface area contributed by atoms with E-state index in [2.05, 4.69) is 15.9 Å². The van der Waals surface area contributed by atoms with Gasteiger partial charge in [0, 0.05) is 5.92 Å². The summed E-state index contributed by atoms with van der Waals surface area (Å²) in [6, 6.07) is 14.1. The lowest BCUT2D eigenvalue weighted by atomic mass is 9.57. The Kier molecular flexibility index (Phi) is 7.46. The van der Waals surface area contributed by atoms with Crippen LogP contribution in [0.4, 0.5) is 11.4 Å². The van der Waals surface area contributed by atoms with E-state index in [0.29, 0.717) is 10.0 Å². The molecule has 13 heteroatoms. The SMILES string of the molecule is COc1cc([C@H]2C3=CC[C@@H]4C(=O)N(c5ccc(C(=O)O)cc5)C(=O)[C@@H]4[C@@H]3C[C@H]3C(=O)N(c4ccc(C(=O)O)cc4)C(=O)[C@@H]23)cc(Br)c1O. The van der Waals surface area contributed by atoms with E-state index >= 15 is 0 Å². The first-order valence-corrected chi connectivity index (χ1v) is 15.9. The number of amides is 4. The van der Waals surface area contributed by atoms with Crippen molar-refractivity contribution in [3.8, 4) is 11.5 Å². The molecule has 1 saturated carbocycles. The molecule has 0 aromatic heterocycles. The number of phenols is 1. The average Bonchev–Trinajstić information content (AvgIpc) is 3.48. The van der Waals surface area contributed by atoms with Gasteiger partial charge in [-0.1, -0.05) is 11.6 Å². The van der Waals surface area contributed by atoms with Crippen LogP contribution in [0.15, 0.2) is 76.8 Å². The molecular formula is C35H27BrN2O10. The van der Waals surface area contributed by atoms with Crippen molar-refractivity contribution in [1.29, 1.82) is 0 Å². The van der Waals surface area contributed by atoms with Crippen molar-refractivity contribution in [2.75, 3.05) is 16.9 Å². The first kappa shape index (κ1) is 31.3. The fraction of sp³-hybridized carbons (Fsp3) is 0.257. The van der Waals surface area contributed by atoms with Crippen molar-refractivity contribution >= 4 is 62.9 Å². The van der Waals surface area contributed by atoms with Gasteiger partial charge in [-0.3, -0.25) is 29.0 Å². The number of ether oxygens (including phenoxy) is 1. The number of hydrogen-bond donors (Lipinski definition) is 3. The Bertz CT molecular complexity index is 1970. The van der Waals surface area contributed by atoms with Gasteiger partial charge >= 0.3 is 11.9 Å². The maximum Gasteiger partial charge on any atom is 0.335 e. The zero-order valence-electron chi connectivity index (χ0n) is 25.2. The maximum absolute atomic E-state index is 14.3. The molecule has 3 aromatic rings. The topological polar surface area (TPSA) is 179 Å². The van der Waals surface area contributed by atoms with Gasteiger partial charge in [-0.25, -0.2) is 9.59 Å². The quantitative estimate of drug-likeness (QED) is 0.241. The summed E-state index contributed by atoms with van der Waals surface area (Å²) in [7, 11) is 1.38. The van der Waals surface area contributed by atoms with Crippen LogP contribution in [0.2, 0.25) is 0 Å². The van der Waals surface area contributed by atoms with Gasteiger partial charge in [0.05, 0.1) is 57.8 Å². The highest BCUT2D eigenvalue weighted by Crippen LogP contribution is 2.59. The summed E-state index contributed by atoms with van der Waals surface area (Å²) < 4.78 is 5.71. The minimum atomic E-state index is -1.16. The lowest BCUT2D eigenvalue weighted by Gasteiger charge is -2.44. The number of aromatic carboxylic acids is 2. The Hall–Kier alpha value is -5.30. The number of rotatable bonds is 6. The van der Waals surface area contributed by atoms with E-state index < -0.39 is 71.1 Å². The number of fused-ring (bicyclic) bond motifs is 4. The summed E-state index contributed by atoms with van der Waals surface area (Å²) in [5.41, 5.74) is 1.73. The number of phenolic OH excluding ortho intramolecular Hbond substituents is 1. The standard InChI is InChI=1S/C35H27BrN2O10/c1-48-25-13-17(12-24(36)29(25)39)26-20-10-11-21-27(32(42)37(30(21)40)18-6-2-15(3-7-18)34(44)45)22(20)14-23-28(26)33(43)38(31(23)41)19-8-4-16(5-9-19)35(46)47/h2-10,12-13,21-23,26-28,39H,11,14H2,1H3,(H,44,45)(H,46,47)/t21-,22+,23+,26-,27-,28+/m0/s1. The Morgan fingerprint density at radius 1 is 0.750 bits per heavy atom. The molecule has 2 saturated heterocycles. The van der Waals surface area contributed by atoms with Crippen molar-refractivity contribution in [3.05, 3.63) is 93.5 Å². The second-order valence-electron chi connectivity index (χ2n) is 12.3. The summed E-state index contributed by atoms with van der Waals surface area (Å²) in [4.78, 5) is 81.4. The maximum atomic E-state index is 14.3. The largest absolute Gasteiger partial charge is 0.503 e. The molecule has 4 amide bonds. The van der Waals surface area contributed by atoms with E-state index in [1.807, 2.05) is 6.08 Å². The highest BCUT2D eigenvalue weighted by Gasteiger charge is 2.62. The van der Waals surface area contributed by atoms with E-state index in [-0.39, 0.29) is 46.8 Å². The molecular weight excluding hydrogens is 688 g/mol. The number of carbonyl (C=O) groups is 6. The van der Waals surface area contributed by atoms with E-state index in [0.717, 1.165) is 15.4 Å². The van der Waals surface area contributed by atoms with E-state index in [1.54, 1.807) is 12.1 Å². The third-order valence-corrected chi connectivity index (χ3v) is 10.6. The Labute approximate surface area is 281 Å². The van der Waals surface area contributed by atoms with Crippen molar-refractivity contribution in [1.82, 2.24) is 0 Å². The molecule has 244 valence electrons. The van der Waals surface area contributed by atoms with Gasteiger partial charge < -0.3 is 20.1 Å². The summed E-state index contributed by atoms with van der Waals surface area (Å²) >= 11 is 3.37. The van der Waals surface area contributed by atoms with Gasteiger partial charge in [0.25, 0.3) is 0 Å². The van der Waals surface area contributed by atoms with Crippen LogP contribution >= 0.6 is 15.9 Å². The third kappa shape index (κ3) is 4.63. The number of methoxy groups -OCH3 is 1. The van der Waals surface area contributed by atoms with Crippen molar-refractivity contribution in [2.24, 2.45) is 29.6 Å². The van der Waals surface area contributed by atoms with E-state index in [4.69, 9.17) is 4.74 Å². The Balaban J connectivity index is 1.33. The number of halogens is 1. The molecule has 2 aliphatic heterocycles. The first-order chi connectivity index (χ1) is 22.9. The van der Waals surface area contributed by atoms with Crippen LogP contribution < -0.4 is 14.5 Å². The van der Waals surface area contributed by atoms with Gasteiger partial charge in [0.1, 0.15) is 0 Å². The predicted molar refractivity (Wildman–Crippen MR) is 172 cm³/mol. The zero-order valence-corrected chi connectivity index (χ0v) is 26.8. The third-order valence-electron chi connectivity index (χ3n) is 10.0. The number of benzene rings is 3. The summed E-state index contributed by atoms with van der Waals surface area (Å²) in [6.45, 7) is 0. The monoisotopic (exact) mass is 714 g/mol. The van der Waals surface area contributed by atoms with Crippen LogP contribution in [-0.4, -0.2) is 58.0 Å². The lowest BCUT2D eigenvalue weighted by Crippen LogP contribution is -2.43. The molecule has 2 heterocycles. The molecule has 6 atom stereocenters. The number of nitrogens with zero attached hydrogens (tertiary/aromatic N) is 2. The molecule has 0 bridgehead atoms. The predicted octanol–water partition coefficient (Wildman–Crippen LogP) is 4.60. The first-order valence-electron chi connectivity index (χ1n) is 15.1. The van der Waals surface area contributed by atoms with Gasteiger partial charge in [0.15, 0.2) is 11.5 Å². The molecule has 48 heavy (non-hydrogen) atoms. The number of imide groups is 2. The fourth-order valence-electron chi connectivity index (χ4n) is 7.91. The van der Waals surface area contributed by atoms with Gasteiger partial charge in [0.2, 0.25) is 23.6 Å². The number of hydrogen-bond acceptors (Lipinski definition) is 8. The summed E-state index contributed by atoms with van der Waals surface area (Å²) in [5.74, 6) is -8.88. The van der Waals surface area contributed by atoms with E-state index in [9.17, 15) is 44.1 Å². The zero-order chi connectivity index (χ0) is 34.2. The Morgan fingerprint density at radius 3 is 1.79 bits per heavy atom. The van der Waals surface area contributed by atoms with Crippen LogP contribution in [0.25, 0.3) is 0 Å². The van der Waals surface area contributed by atoms with E-state index in [1.165, 1.54) is 55.6 Å². The van der Waals surface area contributed by atoms with Crippen LogP contribution in [0.3, 0.4) is 0 Å². The molecule has 3 N–H and O–H groups in total. The van der Waals surface area contributed by atoms with Gasteiger partial charge in [-0.05, 0) is 101 Å². The summed E-state index contributed by atoms with van der Waals surface area (Å²) in [6.07, 6.45) is 2.20. The van der Waals surface area contributed by atoms with Gasteiger partial charge in [-0.15, -0.1) is 0 Å². The smallest absolute Gasteiger partial charge is 0.335 e. The number of anilines is 2. The number of carbonyl (C=O) groups excluding carboxylic acids is 4. The van der Waals surface area contributed by atoms with Crippen LogP contribution in [-0.2, 0) is 19.2 Å². The van der Waals surface area contributed by atoms with Crippen molar-refractivity contribution in [2.45, 2.75) is 18.8 Å². The minimum Gasteiger partial charge on any atom is -0.503 e. The normalized spacial score (nSPS) is 26.2. The molecule has 4 aliphatic rings. The molecule has 0 spiro atoms. The highest BCUT2D eigenvalue weighted by molar-refractivity contribution is 9.10. The second-order valence-corrected chi connectivity index (χ2v) is 13.2. The Morgan fingerprint density at radius 2 is 1.27 bits per heavy atom. The number of allylic oxidation sites excluding steroid dienone is 2. The number of aromatic hydroxyl groups is 1. The second kappa shape index (κ2) is 11.4. The number of carboxylic acids is 2. The lowest BCUT2D eigenvalue weighted by molar-refractivity contribution is -0.126. The molecule has 3 fully saturated rings. The molecule has 0 unspecified atom stereocenters. The van der Waals surface area contributed by atoms with Crippen molar-refractivity contribution in [3.63, 3.8) is 0 Å². The van der Waals surface area contributed by atoms with Crippen molar-refractivity contribution < 1.29 is 48.8 Å².